The number of nitrogens with zero attached hydrogens (tertiary/aromatic N) is 1. The number of nitrogen functional groups attached to an aromatic ring is 1. The Hall–Kier alpha value is -1.64. The standard InChI is InChI=1S/C13H17N3O3S2/c1-9-16-10(8-20-9)5-6-15-21(17,18)11-3-4-13(19-2)12(14)7-11/h3-4,7-8,15H,5-6,14H2,1-2H3. The lowest BCUT2D eigenvalue weighted by atomic mass is 10.3. The molecule has 0 aliphatic rings. The van der Waals surface area contributed by atoms with Gasteiger partial charge in [-0.15, -0.1) is 11.3 Å². The Morgan fingerprint density at radius 1 is 1.43 bits per heavy atom. The third-order valence-electron chi connectivity index (χ3n) is 2.85. The van der Waals surface area contributed by atoms with Crippen LogP contribution >= 0.6 is 11.3 Å². The van der Waals surface area contributed by atoms with E-state index >= 15 is 0 Å². The third-order valence-corrected chi connectivity index (χ3v) is 5.13. The van der Waals surface area contributed by atoms with Crippen LogP contribution in [0.25, 0.3) is 0 Å². The first-order chi connectivity index (χ1) is 9.92. The first-order valence-corrected chi connectivity index (χ1v) is 8.63. The fourth-order valence-corrected chi connectivity index (χ4v) is 3.51. The van der Waals surface area contributed by atoms with Gasteiger partial charge in [-0.05, 0) is 25.1 Å². The fourth-order valence-electron chi connectivity index (χ4n) is 1.80. The summed E-state index contributed by atoms with van der Waals surface area (Å²) in [4.78, 5) is 4.41. The van der Waals surface area contributed by atoms with E-state index in [1.54, 1.807) is 11.3 Å². The van der Waals surface area contributed by atoms with Gasteiger partial charge in [-0.3, -0.25) is 0 Å². The topological polar surface area (TPSA) is 94.3 Å². The largest absolute Gasteiger partial charge is 0.495 e. The number of ether oxygens (including phenoxy) is 1. The zero-order valence-corrected chi connectivity index (χ0v) is 13.4. The molecule has 0 saturated heterocycles. The van der Waals surface area contributed by atoms with Crippen molar-refractivity contribution in [2.24, 2.45) is 0 Å². The maximum absolute atomic E-state index is 12.2. The molecule has 0 unspecified atom stereocenters. The van der Waals surface area contributed by atoms with Crippen LogP contribution in [0.5, 0.6) is 5.75 Å². The molecule has 3 N–H and O–H groups in total. The number of sulfonamides is 1. The number of thiazole rings is 1. The summed E-state index contributed by atoms with van der Waals surface area (Å²) < 4.78 is 31.9. The zero-order valence-electron chi connectivity index (χ0n) is 11.8. The van der Waals surface area contributed by atoms with Gasteiger partial charge in [-0.1, -0.05) is 0 Å². The van der Waals surface area contributed by atoms with E-state index in [2.05, 4.69) is 9.71 Å². The maximum atomic E-state index is 12.2. The van der Waals surface area contributed by atoms with E-state index in [9.17, 15) is 8.42 Å². The summed E-state index contributed by atoms with van der Waals surface area (Å²) in [6.07, 6.45) is 0.551. The second-order valence-corrected chi connectivity index (χ2v) is 7.24. The van der Waals surface area contributed by atoms with Gasteiger partial charge in [0.1, 0.15) is 5.75 Å². The summed E-state index contributed by atoms with van der Waals surface area (Å²) in [5, 5.41) is 2.89. The van der Waals surface area contributed by atoms with Crippen molar-refractivity contribution in [2.75, 3.05) is 19.4 Å². The lowest BCUT2D eigenvalue weighted by Gasteiger charge is -2.09. The SMILES string of the molecule is COc1ccc(S(=O)(=O)NCCc2csc(C)n2)cc1N. The summed E-state index contributed by atoms with van der Waals surface area (Å²) >= 11 is 1.55. The van der Waals surface area contributed by atoms with Crippen molar-refractivity contribution < 1.29 is 13.2 Å². The molecule has 0 radical (unpaired) electrons. The first kappa shape index (κ1) is 15.7. The maximum Gasteiger partial charge on any atom is 0.240 e. The van der Waals surface area contributed by atoms with E-state index in [4.69, 9.17) is 10.5 Å². The zero-order chi connectivity index (χ0) is 15.5. The molecule has 0 aliphatic carbocycles. The van der Waals surface area contributed by atoms with Crippen molar-refractivity contribution in [3.63, 3.8) is 0 Å². The molecule has 2 aromatic rings. The summed E-state index contributed by atoms with van der Waals surface area (Å²) in [5.74, 6) is 0.451. The number of hydrogen-bond donors (Lipinski definition) is 2. The third kappa shape index (κ3) is 3.93. The Kier molecular flexibility index (Phi) is 4.81. The number of aromatic nitrogens is 1. The molecule has 0 fully saturated rings. The van der Waals surface area contributed by atoms with Crippen LogP contribution < -0.4 is 15.2 Å². The average molecular weight is 327 g/mol. The van der Waals surface area contributed by atoms with Gasteiger partial charge in [0, 0.05) is 18.3 Å². The molecule has 21 heavy (non-hydrogen) atoms. The van der Waals surface area contributed by atoms with Crippen LogP contribution in [0.15, 0.2) is 28.5 Å². The van der Waals surface area contributed by atoms with Crippen molar-refractivity contribution >= 4 is 27.0 Å². The van der Waals surface area contributed by atoms with Gasteiger partial charge in [0.15, 0.2) is 0 Å². The van der Waals surface area contributed by atoms with Crippen LogP contribution in [0.1, 0.15) is 10.7 Å². The number of aryl methyl sites for hydroxylation is 1. The molecule has 0 spiro atoms. The summed E-state index contributed by atoms with van der Waals surface area (Å²) in [7, 11) is -2.10. The summed E-state index contributed by atoms with van der Waals surface area (Å²) in [5.41, 5.74) is 6.90. The van der Waals surface area contributed by atoms with Gasteiger partial charge < -0.3 is 10.5 Å². The quantitative estimate of drug-likeness (QED) is 0.785. The van der Waals surface area contributed by atoms with Gasteiger partial charge in [0.25, 0.3) is 0 Å². The Morgan fingerprint density at radius 3 is 2.76 bits per heavy atom. The van der Waals surface area contributed by atoms with Crippen LogP contribution in [-0.2, 0) is 16.4 Å². The molecule has 2 rings (SSSR count). The van der Waals surface area contributed by atoms with Crippen molar-refractivity contribution in [1.82, 2.24) is 9.71 Å². The lowest BCUT2D eigenvalue weighted by molar-refractivity contribution is 0.416. The molecule has 1 heterocycles. The molecular formula is C13H17N3O3S2. The number of anilines is 1. The molecule has 1 aromatic heterocycles. The molecule has 0 atom stereocenters. The van der Waals surface area contributed by atoms with Crippen LogP contribution in [0, 0.1) is 6.92 Å². The van der Waals surface area contributed by atoms with Crippen molar-refractivity contribution in [3.05, 3.63) is 34.3 Å². The smallest absolute Gasteiger partial charge is 0.240 e. The lowest BCUT2D eigenvalue weighted by Crippen LogP contribution is -2.26. The number of methoxy groups -OCH3 is 1. The van der Waals surface area contributed by atoms with Crippen LogP contribution in [0.4, 0.5) is 5.69 Å². The summed E-state index contributed by atoms with van der Waals surface area (Å²) in [6.45, 7) is 2.20. The van der Waals surface area contributed by atoms with Gasteiger partial charge in [0.05, 0.1) is 28.4 Å². The Balaban J connectivity index is 2.02. The Morgan fingerprint density at radius 2 is 2.19 bits per heavy atom. The monoisotopic (exact) mass is 327 g/mol. The highest BCUT2D eigenvalue weighted by Gasteiger charge is 2.15. The molecule has 0 saturated carbocycles. The minimum Gasteiger partial charge on any atom is -0.495 e. The Bertz CT molecular complexity index is 726. The molecule has 1 aromatic carbocycles. The van der Waals surface area contributed by atoms with E-state index in [1.807, 2.05) is 12.3 Å². The minimum atomic E-state index is -3.58. The highest BCUT2D eigenvalue weighted by Crippen LogP contribution is 2.24. The van der Waals surface area contributed by atoms with Gasteiger partial charge in [-0.2, -0.15) is 0 Å². The van der Waals surface area contributed by atoms with E-state index in [0.717, 1.165) is 10.7 Å². The van der Waals surface area contributed by atoms with Gasteiger partial charge >= 0.3 is 0 Å². The number of nitrogens with one attached hydrogen (secondary N) is 1. The number of rotatable bonds is 6. The van der Waals surface area contributed by atoms with Crippen LogP contribution in [-0.4, -0.2) is 27.1 Å². The first-order valence-electron chi connectivity index (χ1n) is 6.26. The fraction of sp³-hybridized carbons (Fsp3) is 0.308. The average Bonchev–Trinajstić information content (AvgIpc) is 2.84. The van der Waals surface area contributed by atoms with E-state index in [-0.39, 0.29) is 17.1 Å². The normalized spacial score (nSPS) is 11.5. The van der Waals surface area contributed by atoms with Crippen LogP contribution in [0.3, 0.4) is 0 Å². The predicted octanol–water partition coefficient (Wildman–Crippen LogP) is 1.56. The second kappa shape index (κ2) is 6.42. The minimum absolute atomic E-state index is 0.121. The number of hydrogen-bond acceptors (Lipinski definition) is 6. The molecule has 114 valence electrons. The van der Waals surface area contributed by atoms with Crippen LogP contribution in [0.2, 0.25) is 0 Å². The molecule has 0 amide bonds. The van der Waals surface area contributed by atoms with Crippen molar-refractivity contribution in [2.45, 2.75) is 18.2 Å². The van der Waals surface area contributed by atoms with Gasteiger partial charge in [-0.25, -0.2) is 18.1 Å². The molecule has 0 bridgehead atoms. The highest BCUT2D eigenvalue weighted by molar-refractivity contribution is 7.89. The number of benzene rings is 1. The number of nitrogens with two attached hydrogens (primary N) is 1. The van der Waals surface area contributed by atoms with Crippen molar-refractivity contribution in [3.8, 4) is 5.75 Å². The second-order valence-electron chi connectivity index (χ2n) is 4.41. The van der Waals surface area contributed by atoms with E-state index in [1.165, 1.54) is 25.3 Å². The Labute approximate surface area is 128 Å². The molecule has 8 heteroatoms. The van der Waals surface area contributed by atoms with E-state index < -0.39 is 10.0 Å². The molecule has 6 nitrogen and oxygen atoms in total. The van der Waals surface area contributed by atoms with Crippen molar-refractivity contribution in [1.29, 1.82) is 0 Å². The van der Waals surface area contributed by atoms with Gasteiger partial charge in [0.2, 0.25) is 10.0 Å². The summed E-state index contributed by atoms with van der Waals surface area (Å²) in [6, 6.07) is 4.38. The predicted molar refractivity (Wildman–Crippen MR) is 83.1 cm³/mol. The highest BCUT2D eigenvalue weighted by atomic mass is 32.2. The molecule has 0 aliphatic heterocycles. The molecular weight excluding hydrogens is 310 g/mol. The van der Waals surface area contributed by atoms with E-state index in [0.29, 0.717) is 12.2 Å².